The van der Waals surface area contributed by atoms with E-state index in [2.05, 4.69) is 6.92 Å². The van der Waals surface area contributed by atoms with Gasteiger partial charge in [-0.15, -0.1) is 11.8 Å². The summed E-state index contributed by atoms with van der Waals surface area (Å²) >= 11 is 1.48. The van der Waals surface area contributed by atoms with Gasteiger partial charge in [-0.3, -0.25) is 4.57 Å². The lowest BCUT2D eigenvalue weighted by molar-refractivity contribution is 0.357. The molecule has 0 aliphatic rings. The fraction of sp³-hybridized carbons (Fsp3) is 0.733. The fourth-order valence-electron chi connectivity index (χ4n) is 2.22. The Kier molecular flexibility index (Phi) is 8.62. The van der Waals surface area contributed by atoms with Crippen LogP contribution in [0.25, 0.3) is 0 Å². The predicted octanol–water partition coefficient (Wildman–Crippen LogP) is 3.70. The summed E-state index contributed by atoms with van der Waals surface area (Å²) in [5.41, 5.74) is 5.45. The Balaban J connectivity index is 2.31. The number of nitrogens with zero attached hydrogens (tertiary/aromatic N) is 1. The topological polar surface area (TPSA) is 71.4 Å². The van der Waals surface area contributed by atoms with Crippen LogP contribution in [0.4, 0.5) is 0 Å². The van der Waals surface area contributed by atoms with Crippen LogP contribution >= 0.6 is 11.8 Å². The van der Waals surface area contributed by atoms with Gasteiger partial charge in [-0.2, -0.15) is 0 Å². The van der Waals surface area contributed by atoms with Gasteiger partial charge in [0.05, 0.1) is 4.90 Å². The van der Waals surface area contributed by atoms with E-state index in [1.54, 1.807) is 10.6 Å². The average Bonchev–Trinajstić information content (AvgIpc) is 2.71. The van der Waals surface area contributed by atoms with Crippen LogP contribution < -0.4 is 5.73 Å². The molecular formula is C15H28N2O2S. The van der Waals surface area contributed by atoms with Crippen molar-refractivity contribution in [3.8, 4) is 11.8 Å². The van der Waals surface area contributed by atoms with Crippen LogP contribution in [0.2, 0.25) is 0 Å². The van der Waals surface area contributed by atoms with E-state index in [9.17, 15) is 10.2 Å². The summed E-state index contributed by atoms with van der Waals surface area (Å²) in [7, 11) is 0. The summed E-state index contributed by atoms with van der Waals surface area (Å²) in [5.74, 6) is 1.06. The maximum atomic E-state index is 10.1. The second-order valence-electron chi connectivity index (χ2n) is 5.10. The number of rotatable bonds is 11. The van der Waals surface area contributed by atoms with Gasteiger partial charge >= 0.3 is 0 Å². The first kappa shape index (κ1) is 17.2. The molecule has 0 fully saturated rings. The number of hydrogen-bond acceptors (Lipinski definition) is 4. The van der Waals surface area contributed by atoms with Gasteiger partial charge in [0.25, 0.3) is 0 Å². The molecular weight excluding hydrogens is 272 g/mol. The van der Waals surface area contributed by atoms with Crippen molar-refractivity contribution in [1.82, 2.24) is 4.57 Å². The smallest absolute Gasteiger partial charge is 0.208 e. The number of hydrogen-bond donors (Lipinski definition) is 3. The lowest BCUT2D eigenvalue weighted by Crippen LogP contribution is -2.01. The lowest BCUT2D eigenvalue weighted by Gasteiger charge is -2.07. The summed E-state index contributed by atoms with van der Waals surface area (Å²) in [6.45, 7) is 3.46. The summed E-state index contributed by atoms with van der Waals surface area (Å²) in [5, 5.41) is 19.9. The molecule has 0 bridgehead atoms. The molecule has 116 valence electrons. The number of nitrogens with two attached hydrogens (primary N) is 1. The highest BCUT2D eigenvalue weighted by atomic mass is 32.2. The monoisotopic (exact) mass is 300 g/mol. The van der Waals surface area contributed by atoms with Gasteiger partial charge in [0.15, 0.2) is 5.88 Å². The van der Waals surface area contributed by atoms with Crippen molar-refractivity contribution < 1.29 is 10.2 Å². The zero-order valence-electron chi connectivity index (χ0n) is 12.5. The van der Waals surface area contributed by atoms with Gasteiger partial charge in [-0.25, -0.2) is 0 Å². The lowest BCUT2D eigenvalue weighted by atomic mass is 10.1. The molecule has 0 atom stereocenters. The van der Waals surface area contributed by atoms with Gasteiger partial charge in [-0.1, -0.05) is 45.4 Å². The van der Waals surface area contributed by atoms with Gasteiger partial charge in [0.2, 0.25) is 5.88 Å². The van der Waals surface area contributed by atoms with Crippen molar-refractivity contribution in [3.05, 3.63) is 6.07 Å². The van der Waals surface area contributed by atoms with E-state index in [0.29, 0.717) is 13.1 Å². The molecule has 20 heavy (non-hydrogen) atoms. The highest BCUT2D eigenvalue weighted by Crippen LogP contribution is 2.35. The number of aromatic nitrogens is 1. The van der Waals surface area contributed by atoms with Gasteiger partial charge in [-0.05, 0) is 6.42 Å². The summed E-state index contributed by atoms with van der Waals surface area (Å²) in [6, 6.07) is 1.62. The van der Waals surface area contributed by atoms with Crippen LogP contribution in [-0.2, 0) is 6.54 Å². The van der Waals surface area contributed by atoms with E-state index >= 15 is 0 Å². The third kappa shape index (κ3) is 5.67. The quantitative estimate of drug-likeness (QED) is 0.430. The molecule has 1 aromatic rings. The molecule has 1 rings (SSSR count). The van der Waals surface area contributed by atoms with E-state index in [1.807, 2.05) is 0 Å². The minimum Gasteiger partial charge on any atom is -0.494 e. The molecule has 0 unspecified atom stereocenters. The predicted molar refractivity (Wildman–Crippen MR) is 85.5 cm³/mol. The van der Waals surface area contributed by atoms with Gasteiger partial charge in [0.1, 0.15) is 0 Å². The molecule has 4 nitrogen and oxygen atoms in total. The van der Waals surface area contributed by atoms with Crippen LogP contribution in [0.1, 0.15) is 51.9 Å². The molecule has 0 saturated carbocycles. The Morgan fingerprint density at radius 1 is 1.10 bits per heavy atom. The molecule has 0 amide bonds. The zero-order chi connectivity index (χ0) is 14.8. The second-order valence-corrected chi connectivity index (χ2v) is 6.24. The second kappa shape index (κ2) is 10.00. The average molecular weight is 300 g/mol. The van der Waals surface area contributed by atoms with Gasteiger partial charge < -0.3 is 15.9 Å². The minimum atomic E-state index is 0.146. The highest BCUT2D eigenvalue weighted by molar-refractivity contribution is 7.99. The standard InChI is InChI=1S/C15H28N2O2S/c1-2-3-4-5-6-7-8-10-17-14(18)12-13(15(17)19)20-11-9-16/h12,18-19H,2-11,16H2,1H3. The Labute approximate surface area is 126 Å². The first-order valence-corrected chi connectivity index (χ1v) is 8.63. The first-order chi connectivity index (χ1) is 9.70. The molecule has 0 aliphatic heterocycles. The van der Waals surface area contributed by atoms with Crippen LogP contribution in [0.5, 0.6) is 11.8 Å². The van der Waals surface area contributed by atoms with E-state index in [4.69, 9.17) is 5.73 Å². The van der Waals surface area contributed by atoms with E-state index in [-0.39, 0.29) is 11.8 Å². The third-order valence-electron chi connectivity index (χ3n) is 3.37. The van der Waals surface area contributed by atoms with E-state index in [1.165, 1.54) is 43.9 Å². The van der Waals surface area contributed by atoms with Crippen molar-refractivity contribution in [3.63, 3.8) is 0 Å². The molecule has 5 heteroatoms. The summed E-state index contributed by atoms with van der Waals surface area (Å²) < 4.78 is 1.59. The zero-order valence-corrected chi connectivity index (χ0v) is 13.3. The Morgan fingerprint density at radius 3 is 2.40 bits per heavy atom. The summed E-state index contributed by atoms with van der Waals surface area (Å²) in [6.07, 6.45) is 8.56. The van der Waals surface area contributed by atoms with Crippen molar-refractivity contribution in [2.75, 3.05) is 12.3 Å². The molecule has 0 spiro atoms. The molecule has 0 aliphatic carbocycles. The van der Waals surface area contributed by atoms with E-state index < -0.39 is 0 Å². The summed E-state index contributed by atoms with van der Waals surface area (Å²) in [4.78, 5) is 0.718. The molecule has 0 radical (unpaired) electrons. The van der Waals surface area contributed by atoms with Gasteiger partial charge in [0, 0.05) is 24.9 Å². The first-order valence-electron chi connectivity index (χ1n) is 7.65. The minimum absolute atomic E-state index is 0.146. The number of thioether (sulfide) groups is 1. The molecule has 0 aromatic carbocycles. The maximum absolute atomic E-state index is 10.1. The van der Waals surface area contributed by atoms with Crippen LogP contribution in [0, 0.1) is 0 Å². The number of unbranched alkanes of at least 4 members (excludes halogenated alkanes) is 6. The maximum Gasteiger partial charge on any atom is 0.208 e. The SMILES string of the molecule is CCCCCCCCCn1c(O)cc(SCCN)c1O. The normalized spacial score (nSPS) is 11.1. The van der Waals surface area contributed by atoms with Crippen molar-refractivity contribution in [2.45, 2.75) is 63.3 Å². The molecule has 4 N–H and O–H groups in total. The largest absolute Gasteiger partial charge is 0.494 e. The van der Waals surface area contributed by atoms with Crippen molar-refractivity contribution >= 4 is 11.8 Å². The Morgan fingerprint density at radius 2 is 1.75 bits per heavy atom. The molecule has 1 aromatic heterocycles. The third-order valence-corrected chi connectivity index (χ3v) is 4.42. The van der Waals surface area contributed by atoms with Crippen LogP contribution in [0.15, 0.2) is 11.0 Å². The fourth-order valence-corrected chi connectivity index (χ4v) is 2.99. The highest BCUT2D eigenvalue weighted by Gasteiger charge is 2.13. The number of aromatic hydroxyl groups is 2. The molecule has 1 heterocycles. The van der Waals surface area contributed by atoms with Crippen LogP contribution in [0.3, 0.4) is 0 Å². The van der Waals surface area contributed by atoms with Crippen molar-refractivity contribution in [2.24, 2.45) is 5.73 Å². The molecule has 0 saturated heterocycles. The van der Waals surface area contributed by atoms with E-state index in [0.717, 1.165) is 23.5 Å². The van der Waals surface area contributed by atoms with Crippen LogP contribution in [-0.4, -0.2) is 27.1 Å². The van der Waals surface area contributed by atoms with Crippen molar-refractivity contribution in [1.29, 1.82) is 0 Å². The Bertz CT molecular complexity index is 380. The Hall–Kier alpha value is -0.810.